The van der Waals surface area contributed by atoms with Crippen LogP contribution in [0.4, 0.5) is 16.2 Å². The van der Waals surface area contributed by atoms with Crippen molar-refractivity contribution < 1.29 is 18.9 Å². The van der Waals surface area contributed by atoms with Crippen LogP contribution < -0.4 is 4.90 Å². The van der Waals surface area contributed by atoms with E-state index in [1.54, 1.807) is 49.4 Å². The van der Waals surface area contributed by atoms with Crippen LogP contribution >= 0.6 is 11.8 Å². The Kier molecular flexibility index (Phi) is 4.77. The fourth-order valence-corrected chi connectivity index (χ4v) is 3.83. The van der Waals surface area contributed by atoms with Gasteiger partial charge < -0.3 is 4.42 Å². The maximum absolute atomic E-state index is 12.7. The Morgan fingerprint density at radius 3 is 2.52 bits per heavy atom. The molecule has 1 saturated heterocycles. The number of imide groups is 1. The highest BCUT2D eigenvalue weighted by atomic mass is 32.2. The molecule has 29 heavy (non-hydrogen) atoms. The Labute approximate surface area is 169 Å². The summed E-state index contributed by atoms with van der Waals surface area (Å²) in [6.07, 6.45) is 1.53. The number of anilines is 1. The number of carbonyl (C=O) groups is 2. The third-order valence-corrected chi connectivity index (χ3v) is 5.26. The van der Waals surface area contributed by atoms with E-state index in [1.165, 1.54) is 18.2 Å². The number of nitrogens with zero attached hydrogens (tertiary/aromatic N) is 2. The van der Waals surface area contributed by atoms with E-state index in [1.807, 2.05) is 6.07 Å². The van der Waals surface area contributed by atoms with Crippen molar-refractivity contribution in [2.75, 3.05) is 4.90 Å². The van der Waals surface area contributed by atoms with E-state index in [0.717, 1.165) is 16.7 Å². The molecule has 0 spiro atoms. The number of rotatable bonds is 4. The maximum atomic E-state index is 12.7. The van der Waals surface area contributed by atoms with Gasteiger partial charge in [-0.15, -0.1) is 0 Å². The van der Waals surface area contributed by atoms with Crippen LogP contribution in [0.3, 0.4) is 0 Å². The van der Waals surface area contributed by atoms with Gasteiger partial charge >= 0.3 is 0 Å². The van der Waals surface area contributed by atoms with Crippen LogP contribution in [0.25, 0.3) is 17.4 Å². The fourth-order valence-electron chi connectivity index (χ4n) is 3.01. The number of hydrogen-bond acceptors (Lipinski definition) is 6. The van der Waals surface area contributed by atoms with E-state index >= 15 is 0 Å². The second-order valence-corrected chi connectivity index (χ2v) is 7.30. The summed E-state index contributed by atoms with van der Waals surface area (Å²) >= 11 is 0.848. The Balaban J connectivity index is 1.61. The molecule has 8 heteroatoms. The molecular formula is C21H14N2O5S. The van der Waals surface area contributed by atoms with Crippen molar-refractivity contribution in [3.05, 3.63) is 87.0 Å². The van der Waals surface area contributed by atoms with Crippen LogP contribution in [0.2, 0.25) is 0 Å². The minimum atomic E-state index is -0.451. The number of carbonyl (C=O) groups excluding carboxylic acids is 2. The lowest BCUT2D eigenvalue weighted by molar-refractivity contribution is -0.384. The Bertz CT molecular complexity index is 1170. The highest BCUT2D eigenvalue weighted by molar-refractivity contribution is 8.19. The number of benzene rings is 2. The first kappa shape index (κ1) is 18.7. The van der Waals surface area contributed by atoms with Crippen LogP contribution in [-0.2, 0) is 4.79 Å². The Hall–Kier alpha value is -3.65. The van der Waals surface area contributed by atoms with Crippen molar-refractivity contribution in [1.29, 1.82) is 0 Å². The zero-order chi connectivity index (χ0) is 20.5. The van der Waals surface area contributed by atoms with Gasteiger partial charge in [0.2, 0.25) is 0 Å². The van der Waals surface area contributed by atoms with Crippen molar-refractivity contribution in [2.24, 2.45) is 0 Å². The summed E-state index contributed by atoms with van der Waals surface area (Å²) in [6.45, 7) is 1.76. The number of hydrogen-bond donors (Lipinski definition) is 0. The van der Waals surface area contributed by atoms with Gasteiger partial charge in [0.15, 0.2) is 0 Å². The normalized spacial score (nSPS) is 15.3. The van der Waals surface area contributed by atoms with Gasteiger partial charge in [0.25, 0.3) is 16.8 Å². The SMILES string of the molecule is Cc1cc([N+](=O)[O-])ccc1-c1ccc(/C=C2/SC(=O)N(c3ccccc3)C2=O)o1. The Morgan fingerprint density at radius 2 is 1.83 bits per heavy atom. The van der Waals surface area contributed by atoms with Gasteiger partial charge in [-0.05, 0) is 54.6 Å². The third-order valence-electron chi connectivity index (χ3n) is 4.39. The van der Waals surface area contributed by atoms with Crippen molar-refractivity contribution in [1.82, 2.24) is 0 Å². The molecule has 144 valence electrons. The molecule has 0 aliphatic carbocycles. The largest absolute Gasteiger partial charge is 0.457 e. The first-order valence-electron chi connectivity index (χ1n) is 8.62. The third kappa shape index (κ3) is 3.57. The number of nitro groups is 1. The molecule has 1 fully saturated rings. The summed E-state index contributed by atoms with van der Waals surface area (Å²) in [4.78, 5) is 36.8. The molecule has 3 aromatic rings. The van der Waals surface area contributed by atoms with E-state index in [4.69, 9.17) is 4.42 Å². The summed E-state index contributed by atoms with van der Waals surface area (Å²) in [6, 6.07) is 16.6. The van der Waals surface area contributed by atoms with Gasteiger partial charge in [-0.2, -0.15) is 0 Å². The number of nitro benzene ring substituents is 1. The Morgan fingerprint density at radius 1 is 1.07 bits per heavy atom. The maximum Gasteiger partial charge on any atom is 0.298 e. The van der Waals surface area contributed by atoms with Gasteiger partial charge in [-0.3, -0.25) is 19.7 Å². The molecule has 2 amide bonds. The lowest BCUT2D eigenvalue weighted by Gasteiger charge is -2.11. The summed E-state index contributed by atoms with van der Waals surface area (Å²) in [5.41, 5.74) is 1.93. The van der Waals surface area contributed by atoms with Gasteiger partial charge in [0.1, 0.15) is 11.5 Å². The highest BCUT2D eigenvalue weighted by Gasteiger charge is 2.36. The van der Waals surface area contributed by atoms with Gasteiger partial charge in [0.05, 0.1) is 15.5 Å². The zero-order valence-electron chi connectivity index (χ0n) is 15.2. The number of furan rings is 1. The standard InChI is InChI=1S/C21H14N2O5S/c1-13-11-15(23(26)27)7-9-17(13)18-10-8-16(28-18)12-19-20(24)22(21(25)29-19)14-5-3-2-4-6-14/h2-12H,1H3/b19-12+. The first-order valence-corrected chi connectivity index (χ1v) is 9.44. The van der Waals surface area contributed by atoms with Crippen LogP contribution in [0.5, 0.6) is 0 Å². The van der Waals surface area contributed by atoms with Crippen molar-refractivity contribution in [2.45, 2.75) is 6.92 Å². The molecule has 1 aliphatic heterocycles. The molecule has 7 nitrogen and oxygen atoms in total. The molecule has 1 aliphatic rings. The molecule has 0 saturated carbocycles. The minimum absolute atomic E-state index is 0.00705. The second kappa shape index (κ2) is 7.40. The van der Waals surface area contributed by atoms with E-state index in [0.29, 0.717) is 28.3 Å². The lowest BCUT2D eigenvalue weighted by atomic mass is 10.1. The number of non-ortho nitro benzene ring substituents is 1. The number of thioether (sulfide) groups is 1. The number of aryl methyl sites for hydroxylation is 1. The molecule has 0 radical (unpaired) electrons. The number of amides is 2. The summed E-state index contributed by atoms with van der Waals surface area (Å²) in [7, 11) is 0. The van der Waals surface area contributed by atoms with Gasteiger partial charge in [-0.1, -0.05) is 18.2 Å². The van der Waals surface area contributed by atoms with E-state index < -0.39 is 10.8 Å². The lowest BCUT2D eigenvalue weighted by Crippen LogP contribution is -2.27. The van der Waals surface area contributed by atoms with E-state index in [-0.39, 0.29) is 15.8 Å². The zero-order valence-corrected chi connectivity index (χ0v) is 16.0. The summed E-state index contributed by atoms with van der Waals surface area (Å²) in [5.74, 6) is 0.526. The predicted octanol–water partition coefficient (Wildman–Crippen LogP) is 5.40. The quantitative estimate of drug-likeness (QED) is 0.327. The molecule has 2 heterocycles. The van der Waals surface area contributed by atoms with E-state index in [9.17, 15) is 19.7 Å². The van der Waals surface area contributed by atoms with Crippen LogP contribution in [0, 0.1) is 17.0 Å². The molecule has 0 unspecified atom stereocenters. The fraction of sp³-hybridized carbons (Fsp3) is 0.0476. The second-order valence-electron chi connectivity index (χ2n) is 6.31. The monoisotopic (exact) mass is 406 g/mol. The highest BCUT2D eigenvalue weighted by Crippen LogP contribution is 2.36. The van der Waals surface area contributed by atoms with Crippen molar-refractivity contribution >= 4 is 40.4 Å². The molecular weight excluding hydrogens is 392 g/mol. The van der Waals surface area contributed by atoms with Crippen molar-refractivity contribution in [3.63, 3.8) is 0 Å². The molecule has 0 bridgehead atoms. The smallest absolute Gasteiger partial charge is 0.298 e. The van der Waals surface area contributed by atoms with Gasteiger partial charge in [0, 0.05) is 23.8 Å². The topological polar surface area (TPSA) is 93.7 Å². The van der Waals surface area contributed by atoms with Gasteiger partial charge in [-0.25, -0.2) is 4.90 Å². The first-order chi connectivity index (χ1) is 13.9. The average Bonchev–Trinajstić information content (AvgIpc) is 3.27. The molecule has 2 aromatic carbocycles. The number of para-hydroxylation sites is 1. The van der Waals surface area contributed by atoms with Crippen LogP contribution in [0.1, 0.15) is 11.3 Å². The van der Waals surface area contributed by atoms with Crippen LogP contribution in [0.15, 0.2) is 70.0 Å². The van der Waals surface area contributed by atoms with Crippen molar-refractivity contribution in [3.8, 4) is 11.3 Å². The minimum Gasteiger partial charge on any atom is -0.457 e. The molecule has 4 rings (SSSR count). The molecule has 0 N–H and O–H groups in total. The summed E-state index contributed by atoms with van der Waals surface area (Å²) < 4.78 is 5.80. The molecule has 1 aromatic heterocycles. The predicted molar refractivity (Wildman–Crippen MR) is 110 cm³/mol. The average molecular weight is 406 g/mol. The van der Waals surface area contributed by atoms with Crippen LogP contribution in [-0.4, -0.2) is 16.1 Å². The van der Waals surface area contributed by atoms with E-state index in [2.05, 4.69) is 0 Å². The molecule has 0 atom stereocenters. The summed E-state index contributed by atoms with van der Waals surface area (Å²) in [5, 5.41) is 10.5.